The molecule has 1 aliphatic rings. The predicted molar refractivity (Wildman–Crippen MR) is 109 cm³/mol. The molecule has 0 radical (unpaired) electrons. The van der Waals surface area contributed by atoms with Gasteiger partial charge in [0.05, 0.1) is 16.3 Å². The van der Waals surface area contributed by atoms with E-state index in [2.05, 4.69) is 10.0 Å². The molecule has 2 aromatic carbocycles. The van der Waals surface area contributed by atoms with Crippen molar-refractivity contribution >= 4 is 39.7 Å². The molecule has 1 amide bonds. The molecule has 2 aromatic rings. The Morgan fingerprint density at radius 2 is 1.79 bits per heavy atom. The van der Waals surface area contributed by atoms with E-state index < -0.39 is 15.9 Å². The number of anilines is 2. The minimum absolute atomic E-state index is 0. The van der Waals surface area contributed by atoms with Crippen molar-refractivity contribution in [3.8, 4) is 11.5 Å². The van der Waals surface area contributed by atoms with Crippen LogP contribution in [0.1, 0.15) is 30.6 Å². The number of nitrogens with one attached hydrogen (secondary N) is 2. The summed E-state index contributed by atoms with van der Waals surface area (Å²) in [6.07, 6.45) is 0.677. The Hall–Kier alpha value is -2.49. The van der Waals surface area contributed by atoms with Gasteiger partial charge in [-0.25, -0.2) is 13.1 Å². The Balaban J connectivity index is 0.00000280. The van der Waals surface area contributed by atoms with Crippen LogP contribution in [0.5, 0.6) is 11.5 Å². The zero-order valence-electron chi connectivity index (χ0n) is 15.4. The summed E-state index contributed by atoms with van der Waals surface area (Å²) in [5.74, 6) is 0.602. The lowest BCUT2D eigenvalue weighted by Crippen LogP contribution is -2.32. The molecule has 0 aliphatic carbocycles. The first-order valence-electron chi connectivity index (χ1n) is 8.43. The van der Waals surface area contributed by atoms with E-state index in [4.69, 9.17) is 15.2 Å². The molecule has 0 fully saturated rings. The number of nitrogens with two attached hydrogens (primary N) is 1. The van der Waals surface area contributed by atoms with Crippen molar-refractivity contribution < 1.29 is 22.7 Å². The highest BCUT2D eigenvalue weighted by molar-refractivity contribution is 7.89. The van der Waals surface area contributed by atoms with Gasteiger partial charge in [-0.05, 0) is 37.6 Å². The van der Waals surface area contributed by atoms with Crippen molar-refractivity contribution in [3.05, 3.63) is 42.0 Å². The molecular weight excluding hydrogens is 406 g/mol. The van der Waals surface area contributed by atoms with Gasteiger partial charge in [0.15, 0.2) is 11.5 Å². The number of halogens is 1. The minimum Gasteiger partial charge on any atom is -0.454 e. The van der Waals surface area contributed by atoms with E-state index in [1.165, 1.54) is 24.3 Å². The number of hydrogen-bond donors (Lipinski definition) is 3. The highest BCUT2D eigenvalue weighted by Crippen LogP contribution is 2.38. The van der Waals surface area contributed by atoms with Gasteiger partial charge in [-0.15, -0.1) is 12.4 Å². The second-order valence-corrected chi connectivity index (χ2v) is 7.92. The maximum atomic E-state index is 12.4. The molecule has 1 heterocycles. The van der Waals surface area contributed by atoms with Crippen molar-refractivity contribution in [1.82, 2.24) is 4.72 Å². The van der Waals surface area contributed by atoms with E-state index in [9.17, 15) is 13.2 Å². The molecule has 8 nitrogen and oxygen atoms in total. The summed E-state index contributed by atoms with van der Waals surface area (Å²) in [7, 11) is -3.62. The highest BCUT2D eigenvalue weighted by Gasteiger charge is 2.19. The van der Waals surface area contributed by atoms with E-state index in [1.807, 2.05) is 6.92 Å². The Bertz CT molecular complexity index is 964. The fourth-order valence-electron chi connectivity index (χ4n) is 2.46. The lowest BCUT2D eigenvalue weighted by Gasteiger charge is -2.13. The van der Waals surface area contributed by atoms with Gasteiger partial charge in [0.2, 0.25) is 16.8 Å². The van der Waals surface area contributed by atoms with Crippen LogP contribution in [0.15, 0.2) is 41.3 Å². The van der Waals surface area contributed by atoms with Crippen molar-refractivity contribution in [3.63, 3.8) is 0 Å². The Kier molecular flexibility index (Phi) is 6.76. The molecule has 28 heavy (non-hydrogen) atoms. The van der Waals surface area contributed by atoms with Crippen LogP contribution < -0.4 is 25.2 Å². The number of benzene rings is 2. The minimum atomic E-state index is -3.62. The monoisotopic (exact) mass is 427 g/mol. The van der Waals surface area contributed by atoms with E-state index in [0.717, 1.165) is 0 Å². The van der Waals surface area contributed by atoms with E-state index in [1.54, 1.807) is 19.1 Å². The molecule has 0 spiro atoms. The summed E-state index contributed by atoms with van der Waals surface area (Å²) in [5, 5.41) is 2.69. The van der Waals surface area contributed by atoms with E-state index in [-0.39, 0.29) is 30.1 Å². The fraction of sp³-hybridized carbons (Fsp3) is 0.278. The number of fused-ring (bicyclic) bond motifs is 1. The van der Waals surface area contributed by atoms with Crippen LogP contribution in [0.4, 0.5) is 11.4 Å². The van der Waals surface area contributed by atoms with Crippen molar-refractivity contribution in [2.24, 2.45) is 0 Å². The second-order valence-electron chi connectivity index (χ2n) is 6.20. The molecule has 0 aromatic heterocycles. The zero-order chi connectivity index (χ0) is 19.6. The zero-order valence-corrected chi connectivity index (χ0v) is 17.0. The van der Waals surface area contributed by atoms with E-state index in [0.29, 0.717) is 34.9 Å². The summed E-state index contributed by atoms with van der Waals surface area (Å²) < 4.78 is 37.6. The molecule has 3 rings (SSSR count). The van der Waals surface area contributed by atoms with Crippen LogP contribution in [-0.2, 0) is 10.0 Å². The topological polar surface area (TPSA) is 120 Å². The van der Waals surface area contributed by atoms with Gasteiger partial charge in [0.1, 0.15) is 0 Å². The summed E-state index contributed by atoms with van der Waals surface area (Å²) in [6.45, 7) is 3.78. The Morgan fingerprint density at radius 1 is 1.18 bits per heavy atom. The smallest absolute Gasteiger partial charge is 0.255 e. The predicted octanol–water partition coefficient (Wildman–Crippen LogP) is 2.75. The third kappa shape index (κ3) is 4.67. The van der Waals surface area contributed by atoms with Crippen LogP contribution in [0.3, 0.4) is 0 Å². The Morgan fingerprint density at radius 3 is 2.39 bits per heavy atom. The standard InChI is InChI=1S/C18H21N3O5S.ClH/c1-3-11(2)21-27(23,24)13-6-4-12(5-7-13)18(22)20-15-9-17-16(8-14(15)19)25-10-26-17;/h4-9,11,21H,3,10,19H2,1-2H3,(H,20,22);1H. The molecule has 4 N–H and O–H groups in total. The SMILES string of the molecule is CCC(C)NS(=O)(=O)c1ccc(C(=O)Nc2cc3c(cc2N)OCO3)cc1.Cl. The molecule has 0 saturated heterocycles. The molecule has 0 saturated carbocycles. The lowest BCUT2D eigenvalue weighted by atomic mass is 10.2. The van der Waals surface area contributed by atoms with Crippen LogP contribution in [-0.4, -0.2) is 27.2 Å². The summed E-state index contributed by atoms with van der Waals surface area (Å²) in [5.41, 5.74) is 6.95. The first-order valence-corrected chi connectivity index (χ1v) is 9.91. The quantitative estimate of drug-likeness (QED) is 0.609. The van der Waals surface area contributed by atoms with Crippen LogP contribution in [0, 0.1) is 0 Å². The van der Waals surface area contributed by atoms with Crippen molar-refractivity contribution in [2.75, 3.05) is 17.8 Å². The van der Waals surface area contributed by atoms with Crippen molar-refractivity contribution in [1.29, 1.82) is 0 Å². The highest BCUT2D eigenvalue weighted by atomic mass is 35.5. The maximum Gasteiger partial charge on any atom is 0.255 e. The second kappa shape index (κ2) is 8.68. The number of hydrogen-bond acceptors (Lipinski definition) is 6. The van der Waals surface area contributed by atoms with Gasteiger partial charge < -0.3 is 20.5 Å². The lowest BCUT2D eigenvalue weighted by molar-refractivity contribution is 0.102. The van der Waals surface area contributed by atoms with Gasteiger partial charge in [-0.1, -0.05) is 6.92 Å². The van der Waals surface area contributed by atoms with Crippen LogP contribution in [0.25, 0.3) is 0 Å². The number of ether oxygens (including phenoxy) is 2. The number of amides is 1. The third-order valence-electron chi connectivity index (χ3n) is 4.19. The van der Waals surface area contributed by atoms with Gasteiger partial charge in [-0.2, -0.15) is 0 Å². The van der Waals surface area contributed by atoms with Crippen LogP contribution >= 0.6 is 12.4 Å². The largest absolute Gasteiger partial charge is 0.454 e. The van der Waals surface area contributed by atoms with Gasteiger partial charge in [-0.3, -0.25) is 4.79 Å². The van der Waals surface area contributed by atoms with Gasteiger partial charge in [0.25, 0.3) is 5.91 Å². The number of carbonyl (C=O) groups excluding carboxylic acids is 1. The molecule has 152 valence electrons. The van der Waals surface area contributed by atoms with Gasteiger partial charge in [0, 0.05) is 23.7 Å². The van der Waals surface area contributed by atoms with Gasteiger partial charge >= 0.3 is 0 Å². The van der Waals surface area contributed by atoms with E-state index >= 15 is 0 Å². The number of carbonyl (C=O) groups is 1. The molecule has 1 unspecified atom stereocenters. The van der Waals surface area contributed by atoms with Crippen LogP contribution in [0.2, 0.25) is 0 Å². The van der Waals surface area contributed by atoms with Crippen molar-refractivity contribution in [2.45, 2.75) is 31.2 Å². The number of sulfonamides is 1. The molecular formula is C18H22ClN3O5S. The number of nitrogen functional groups attached to an aromatic ring is 1. The summed E-state index contributed by atoms with van der Waals surface area (Å²) in [6, 6.07) is 8.67. The first kappa shape index (κ1) is 21.8. The molecule has 1 atom stereocenters. The molecule has 10 heteroatoms. The average molecular weight is 428 g/mol. The normalized spacial score (nSPS) is 13.5. The molecule has 1 aliphatic heterocycles. The maximum absolute atomic E-state index is 12.4. The number of rotatable bonds is 6. The first-order chi connectivity index (χ1) is 12.8. The summed E-state index contributed by atoms with van der Waals surface area (Å²) in [4.78, 5) is 12.5. The Labute approximate surface area is 169 Å². The summed E-state index contributed by atoms with van der Waals surface area (Å²) >= 11 is 0. The molecule has 0 bridgehead atoms. The fourth-order valence-corrected chi connectivity index (χ4v) is 3.79. The third-order valence-corrected chi connectivity index (χ3v) is 5.79. The average Bonchev–Trinajstić information content (AvgIpc) is 3.08.